The van der Waals surface area contributed by atoms with Gasteiger partial charge in [0, 0.05) is 11.6 Å². The predicted octanol–water partition coefficient (Wildman–Crippen LogP) is 4.27. The lowest BCUT2D eigenvalue weighted by atomic mass is 10.1. The average Bonchev–Trinajstić information content (AvgIpc) is 2.85. The van der Waals surface area contributed by atoms with E-state index in [9.17, 15) is 9.18 Å². The summed E-state index contributed by atoms with van der Waals surface area (Å²) in [5.41, 5.74) is -0.272. The number of furan rings is 1. The Morgan fingerprint density at radius 2 is 2.00 bits per heavy atom. The van der Waals surface area contributed by atoms with Crippen molar-refractivity contribution >= 4 is 6.16 Å². The highest BCUT2D eigenvalue weighted by atomic mass is 19.1. The second kappa shape index (κ2) is 5.90. The molecule has 0 saturated carbocycles. The molecule has 0 saturated heterocycles. The van der Waals surface area contributed by atoms with E-state index in [2.05, 4.69) is 0 Å². The molecule has 0 atom stereocenters. The second-order valence-electron chi connectivity index (χ2n) is 5.49. The number of rotatable bonds is 2. The highest BCUT2D eigenvalue weighted by Crippen LogP contribution is 2.28. The van der Waals surface area contributed by atoms with Gasteiger partial charge < -0.3 is 13.9 Å². The Kier molecular flexibility index (Phi) is 4.18. The van der Waals surface area contributed by atoms with Crippen molar-refractivity contribution in [2.75, 3.05) is 0 Å². The normalized spacial score (nSPS) is 10.9. The molecule has 5 nitrogen and oxygen atoms in total. The van der Waals surface area contributed by atoms with E-state index in [1.807, 2.05) is 0 Å². The molecule has 2 aromatic rings. The van der Waals surface area contributed by atoms with Crippen LogP contribution in [-0.2, 0) is 4.74 Å². The molecular formula is C16H14FNO4. The molecule has 0 aliphatic rings. The second-order valence-corrected chi connectivity index (χ2v) is 5.49. The minimum atomic E-state index is -0.884. The first-order chi connectivity index (χ1) is 10.3. The number of ether oxygens (including phenoxy) is 2. The Bertz CT molecular complexity index is 737. The molecule has 1 aromatic carbocycles. The van der Waals surface area contributed by atoms with Gasteiger partial charge in [-0.15, -0.1) is 0 Å². The summed E-state index contributed by atoms with van der Waals surface area (Å²) in [7, 11) is 0. The third-order valence-electron chi connectivity index (χ3n) is 2.53. The Morgan fingerprint density at radius 1 is 1.27 bits per heavy atom. The third kappa shape index (κ3) is 3.85. The summed E-state index contributed by atoms with van der Waals surface area (Å²) in [6.07, 6.45) is -0.884. The largest absolute Gasteiger partial charge is 0.516 e. The van der Waals surface area contributed by atoms with Crippen LogP contribution in [0, 0.1) is 17.1 Å². The maximum atomic E-state index is 13.3. The number of hydrogen-bond donors (Lipinski definition) is 0. The van der Waals surface area contributed by atoms with Crippen LogP contribution in [0.2, 0.25) is 0 Å². The summed E-state index contributed by atoms with van der Waals surface area (Å²) in [6, 6.07) is 8.73. The topological polar surface area (TPSA) is 72.5 Å². The summed E-state index contributed by atoms with van der Waals surface area (Å²) in [4.78, 5) is 11.5. The van der Waals surface area contributed by atoms with Gasteiger partial charge in [-0.05, 0) is 45.0 Å². The van der Waals surface area contributed by atoms with E-state index in [-0.39, 0.29) is 11.5 Å². The zero-order valence-electron chi connectivity index (χ0n) is 12.3. The predicted molar refractivity (Wildman–Crippen MR) is 75.7 cm³/mol. The molecule has 0 radical (unpaired) electrons. The Balaban J connectivity index is 2.15. The first kappa shape index (κ1) is 15.6. The van der Waals surface area contributed by atoms with Crippen molar-refractivity contribution in [2.45, 2.75) is 26.4 Å². The van der Waals surface area contributed by atoms with E-state index >= 15 is 0 Å². The van der Waals surface area contributed by atoms with Crippen LogP contribution in [0.15, 0.2) is 34.7 Å². The zero-order valence-corrected chi connectivity index (χ0v) is 12.3. The van der Waals surface area contributed by atoms with Gasteiger partial charge in [0.1, 0.15) is 23.2 Å². The highest BCUT2D eigenvalue weighted by molar-refractivity contribution is 5.65. The standard InChI is InChI=1S/C16H14FNO4/c1-16(2,3)22-15(19)21-14-7-6-13(20-14)10-4-5-12(17)11(8-10)9-18/h4-8H,1-3H3. The van der Waals surface area contributed by atoms with Gasteiger partial charge in [-0.25, -0.2) is 9.18 Å². The minimum Gasteiger partial charge on any atom is -0.428 e. The Labute approximate surface area is 126 Å². The Hall–Kier alpha value is -2.81. The molecule has 0 unspecified atom stereocenters. The summed E-state index contributed by atoms with van der Waals surface area (Å²) in [5, 5.41) is 8.82. The van der Waals surface area contributed by atoms with E-state index < -0.39 is 17.6 Å². The lowest BCUT2D eigenvalue weighted by Crippen LogP contribution is -2.25. The van der Waals surface area contributed by atoms with Crippen LogP contribution in [0.4, 0.5) is 9.18 Å². The fraction of sp³-hybridized carbons (Fsp3) is 0.250. The summed E-state index contributed by atoms with van der Waals surface area (Å²) in [5.74, 6) is -0.315. The van der Waals surface area contributed by atoms with Gasteiger partial charge in [-0.2, -0.15) is 5.26 Å². The molecule has 1 aromatic heterocycles. The van der Waals surface area contributed by atoms with Gasteiger partial charge >= 0.3 is 6.16 Å². The first-order valence-electron chi connectivity index (χ1n) is 6.49. The van der Waals surface area contributed by atoms with Gasteiger partial charge in [0.05, 0.1) is 5.56 Å². The maximum Gasteiger partial charge on any atom is 0.516 e. The number of hydrogen-bond acceptors (Lipinski definition) is 5. The molecule has 6 heteroatoms. The number of carbonyl (C=O) groups is 1. The molecule has 0 spiro atoms. The van der Waals surface area contributed by atoms with Gasteiger partial charge in [0.15, 0.2) is 0 Å². The third-order valence-corrected chi connectivity index (χ3v) is 2.53. The molecule has 114 valence electrons. The monoisotopic (exact) mass is 303 g/mol. The van der Waals surface area contributed by atoms with Crippen molar-refractivity contribution in [1.82, 2.24) is 0 Å². The van der Waals surface area contributed by atoms with E-state index in [1.165, 1.54) is 24.3 Å². The number of nitriles is 1. The average molecular weight is 303 g/mol. The lowest BCUT2D eigenvalue weighted by Gasteiger charge is -2.17. The van der Waals surface area contributed by atoms with Crippen molar-refractivity contribution < 1.29 is 23.1 Å². The fourth-order valence-electron chi connectivity index (χ4n) is 1.65. The first-order valence-corrected chi connectivity index (χ1v) is 6.49. The van der Waals surface area contributed by atoms with Crippen molar-refractivity contribution in [1.29, 1.82) is 5.26 Å². The molecule has 1 heterocycles. The van der Waals surface area contributed by atoms with Crippen LogP contribution in [0.25, 0.3) is 11.3 Å². The van der Waals surface area contributed by atoms with Crippen molar-refractivity contribution in [3.63, 3.8) is 0 Å². The molecule has 0 fully saturated rings. The molecule has 0 bridgehead atoms. The smallest absolute Gasteiger partial charge is 0.428 e. The molecule has 22 heavy (non-hydrogen) atoms. The van der Waals surface area contributed by atoms with Crippen LogP contribution in [0.1, 0.15) is 26.3 Å². The summed E-state index contributed by atoms with van der Waals surface area (Å²) >= 11 is 0. The molecule has 0 aliphatic heterocycles. The van der Waals surface area contributed by atoms with Crippen molar-refractivity contribution in [2.24, 2.45) is 0 Å². The van der Waals surface area contributed by atoms with Crippen LogP contribution >= 0.6 is 0 Å². The number of halogens is 1. The zero-order chi connectivity index (χ0) is 16.3. The molecule has 0 amide bonds. The summed E-state index contributed by atoms with van der Waals surface area (Å²) < 4.78 is 28.5. The van der Waals surface area contributed by atoms with Crippen molar-refractivity contribution in [3.05, 3.63) is 41.7 Å². The molecule has 2 rings (SSSR count). The van der Waals surface area contributed by atoms with Gasteiger partial charge in [0.25, 0.3) is 5.95 Å². The fourth-order valence-corrected chi connectivity index (χ4v) is 1.65. The van der Waals surface area contributed by atoms with Gasteiger partial charge in [-0.1, -0.05) is 0 Å². The molecular weight excluding hydrogens is 289 g/mol. The van der Waals surface area contributed by atoms with Crippen LogP contribution < -0.4 is 4.74 Å². The van der Waals surface area contributed by atoms with Gasteiger partial charge in [-0.3, -0.25) is 0 Å². The van der Waals surface area contributed by atoms with Gasteiger partial charge in [0.2, 0.25) is 0 Å². The van der Waals surface area contributed by atoms with E-state index in [0.29, 0.717) is 11.3 Å². The quantitative estimate of drug-likeness (QED) is 0.774. The summed E-state index contributed by atoms with van der Waals surface area (Å²) in [6.45, 7) is 5.14. The number of benzene rings is 1. The lowest BCUT2D eigenvalue weighted by molar-refractivity contribution is 0.0161. The van der Waals surface area contributed by atoms with E-state index in [1.54, 1.807) is 32.9 Å². The van der Waals surface area contributed by atoms with E-state index in [4.69, 9.17) is 19.2 Å². The number of nitrogens with zero attached hydrogens (tertiary/aromatic N) is 1. The van der Waals surface area contributed by atoms with Crippen LogP contribution in [-0.4, -0.2) is 11.8 Å². The van der Waals surface area contributed by atoms with Crippen molar-refractivity contribution in [3.8, 4) is 23.3 Å². The minimum absolute atomic E-state index is 0.0490. The number of carbonyl (C=O) groups excluding carboxylic acids is 1. The van der Waals surface area contributed by atoms with Crippen LogP contribution in [0.5, 0.6) is 5.95 Å². The Morgan fingerprint density at radius 3 is 2.64 bits per heavy atom. The SMILES string of the molecule is CC(C)(C)OC(=O)Oc1ccc(-c2ccc(F)c(C#N)c2)o1. The van der Waals surface area contributed by atoms with Crippen LogP contribution in [0.3, 0.4) is 0 Å². The maximum absolute atomic E-state index is 13.3. The molecule has 0 N–H and O–H groups in total. The van der Waals surface area contributed by atoms with E-state index in [0.717, 1.165) is 0 Å². The highest BCUT2D eigenvalue weighted by Gasteiger charge is 2.19. The molecule has 0 aliphatic carbocycles.